The van der Waals surface area contributed by atoms with Crippen molar-refractivity contribution in [2.24, 2.45) is 0 Å². The third-order valence-corrected chi connectivity index (χ3v) is 5.75. The molecule has 2 aromatic rings. The Morgan fingerprint density at radius 2 is 2.13 bits per heavy atom. The molecule has 4 nitrogen and oxygen atoms in total. The van der Waals surface area contributed by atoms with E-state index in [0.29, 0.717) is 19.5 Å². The van der Waals surface area contributed by atoms with Crippen LogP contribution in [0.4, 0.5) is 0 Å². The first-order valence-corrected chi connectivity index (χ1v) is 9.38. The second kappa shape index (κ2) is 7.85. The lowest BCUT2D eigenvalue weighted by molar-refractivity contribution is -0.118. The quantitative estimate of drug-likeness (QED) is 0.569. The number of benzene rings is 1. The fourth-order valence-electron chi connectivity index (χ4n) is 2.55. The van der Waals surface area contributed by atoms with Gasteiger partial charge in [0.25, 0.3) is 0 Å². The molecule has 0 saturated carbocycles. The van der Waals surface area contributed by atoms with Gasteiger partial charge in [0.1, 0.15) is 5.75 Å². The molecular formula is C16H17Br3N2O2. The Labute approximate surface area is 160 Å². The monoisotopic (exact) mass is 506 g/mol. The van der Waals surface area contributed by atoms with Crippen LogP contribution in [0.2, 0.25) is 0 Å². The predicted octanol–water partition coefficient (Wildman–Crippen LogP) is 4.80. The van der Waals surface area contributed by atoms with Gasteiger partial charge in [0, 0.05) is 25.4 Å². The first-order chi connectivity index (χ1) is 10.9. The van der Waals surface area contributed by atoms with Crippen molar-refractivity contribution in [2.75, 3.05) is 13.7 Å². The molecule has 1 heterocycles. The Balaban J connectivity index is 2.65. The van der Waals surface area contributed by atoms with Crippen LogP contribution >= 0.6 is 47.8 Å². The second-order valence-corrected chi connectivity index (χ2v) is 7.40. The number of ether oxygens (including phenoxy) is 1. The Bertz CT molecular complexity index is 769. The molecule has 7 heteroatoms. The molecule has 0 spiro atoms. The summed E-state index contributed by atoms with van der Waals surface area (Å²) in [7, 11) is 1.64. The minimum atomic E-state index is -0.0321. The number of hydrogen-bond donors (Lipinski definition) is 1. The molecule has 2 rings (SSSR count). The van der Waals surface area contributed by atoms with Gasteiger partial charge >= 0.3 is 0 Å². The summed E-state index contributed by atoms with van der Waals surface area (Å²) >= 11 is 10.9. The van der Waals surface area contributed by atoms with Gasteiger partial charge in [-0.15, -0.1) is 6.58 Å². The Kier molecular flexibility index (Phi) is 6.33. The molecule has 0 aliphatic heterocycles. The van der Waals surface area contributed by atoms with E-state index in [1.54, 1.807) is 7.11 Å². The zero-order valence-electron chi connectivity index (χ0n) is 12.9. The van der Waals surface area contributed by atoms with E-state index in [2.05, 4.69) is 64.3 Å². The zero-order chi connectivity index (χ0) is 17.1. The maximum Gasteiger partial charge on any atom is 0.216 e. The maximum atomic E-state index is 11.1. The Morgan fingerprint density at radius 3 is 2.70 bits per heavy atom. The van der Waals surface area contributed by atoms with E-state index in [1.807, 2.05) is 12.1 Å². The molecule has 124 valence electrons. The van der Waals surface area contributed by atoms with Crippen LogP contribution in [0.25, 0.3) is 10.9 Å². The van der Waals surface area contributed by atoms with Crippen molar-refractivity contribution in [3.8, 4) is 5.75 Å². The van der Waals surface area contributed by atoms with E-state index in [1.165, 1.54) is 6.92 Å². The highest BCUT2D eigenvalue weighted by molar-refractivity contribution is 9.11. The van der Waals surface area contributed by atoms with E-state index in [4.69, 9.17) is 4.74 Å². The average Bonchev–Trinajstić information content (AvgIpc) is 2.73. The summed E-state index contributed by atoms with van der Waals surface area (Å²) in [5.41, 5.74) is 2.18. The first-order valence-electron chi connectivity index (χ1n) is 7.00. The number of fused-ring (bicyclic) bond motifs is 1. The van der Waals surface area contributed by atoms with E-state index in [9.17, 15) is 4.79 Å². The molecule has 0 radical (unpaired) electrons. The molecular weight excluding hydrogens is 492 g/mol. The van der Waals surface area contributed by atoms with Gasteiger partial charge in [-0.2, -0.15) is 0 Å². The lowest BCUT2D eigenvalue weighted by Gasteiger charge is -2.10. The maximum absolute atomic E-state index is 11.1. The van der Waals surface area contributed by atoms with Crippen LogP contribution in [-0.4, -0.2) is 24.1 Å². The normalized spacial score (nSPS) is 10.8. The standard InChI is InChI=1S/C16H17Br3N2O2/c1-4-7-21-12-8-11(17)15(23-3)14(18)13(12)10(16(21)19)5-6-20-9(2)22/h4,8H,1,5-7H2,2-3H3,(H,20,22). The molecule has 23 heavy (non-hydrogen) atoms. The highest BCUT2D eigenvalue weighted by atomic mass is 79.9. The van der Waals surface area contributed by atoms with Gasteiger partial charge in [-0.3, -0.25) is 4.79 Å². The largest absolute Gasteiger partial charge is 0.494 e. The van der Waals surface area contributed by atoms with Crippen molar-refractivity contribution in [2.45, 2.75) is 19.9 Å². The molecule has 0 aliphatic rings. The third kappa shape index (κ3) is 3.67. The molecule has 1 aromatic heterocycles. The number of rotatable bonds is 6. The van der Waals surface area contributed by atoms with Crippen LogP contribution in [0.1, 0.15) is 12.5 Å². The Morgan fingerprint density at radius 1 is 1.43 bits per heavy atom. The van der Waals surface area contributed by atoms with Crippen LogP contribution in [0.15, 0.2) is 32.3 Å². The predicted molar refractivity (Wildman–Crippen MR) is 104 cm³/mol. The summed E-state index contributed by atoms with van der Waals surface area (Å²) in [6, 6.07) is 2.04. The topological polar surface area (TPSA) is 43.3 Å². The molecule has 1 N–H and O–H groups in total. The highest BCUT2D eigenvalue weighted by Gasteiger charge is 2.21. The number of amides is 1. The summed E-state index contributed by atoms with van der Waals surface area (Å²) in [6.07, 6.45) is 2.57. The summed E-state index contributed by atoms with van der Waals surface area (Å²) in [5.74, 6) is 0.719. The molecule has 0 fully saturated rings. The van der Waals surface area contributed by atoms with Crippen molar-refractivity contribution in [1.29, 1.82) is 0 Å². The lowest BCUT2D eigenvalue weighted by atomic mass is 10.1. The summed E-state index contributed by atoms with van der Waals surface area (Å²) in [4.78, 5) is 11.1. The van der Waals surface area contributed by atoms with Gasteiger partial charge < -0.3 is 14.6 Å². The van der Waals surface area contributed by atoms with Gasteiger partial charge in [0.15, 0.2) is 0 Å². The van der Waals surface area contributed by atoms with Crippen molar-refractivity contribution in [3.05, 3.63) is 37.8 Å². The van der Waals surface area contributed by atoms with E-state index >= 15 is 0 Å². The smallest absolute Gasteiger partial charge is 0.216 e. The SMILES string of the molecule is C=CCn1c(Br)c(CCNC(C)=O)c2c(Br)c(OC)c(Br)cc21. The second-order valence-electron chi connectivity index (χ2n) is 5.00. The van der Waals surface area contributed by atoms with Gasteiger partial charge in [0.2, 0.25) is 5.91 Å². The third-order valence-electron chi connectivity index (χ3n) is 3.50. The van der Waals surface area contributed by atoms with Gasteiger partial charge in [-0.1, -0.05) is 6.08 Å². The molecule has 1 aromatic carbocycles. The molecule has 1 amide bonds. The number of halogens is 3. The van der Waals surface area contributed by atoms with Crippen LogP contribution in [-0.2, 0) is 17.8 Å². The number of hydrogen-bond acceptors (Lipinski definition) is 2. The van der Waals surface area contributed by atoms with Gasteiger partial charge in [0.05, 0.1) is 26.2 Å². The van der Waals surface area contributed by atoms with Gasteiger partial charge in [-0.05, 0) is 65.8 Å². The molecule has 0 saturated heterocycles. The Hall–Kier alpha value is -0.790. The number of allylic oxidation sites excluding steroid dienone is 1. The zero-order valence-corrected chi connectivity index (χ0v) is 17.6. The fourth-order valence-corrected chi connectivity index (χ4v) is 4.94. The van der Waals surface area contributed by atoms with Gasteiger partial charge in [-0.25, -0.2) is 0 Å². The average molecular weight is 509 g/mol. The number of carbonyl (C=O) groups excluding carboxylic acids is 1. The van der Waals surface area contributed by atoms with E-state index in [-0.39, 0.29) is 5.91 Å². The van der Waals surface area contributed by atoms with Crippen LogP contribution in [0.5, 0.6) is 5.75 Å². The van der Waals surface area contributed by atoms with E-state index < -0.39 is 0 Å². The number of nitrogens with zero attached hydrogens (tertiary/aromatic N) is 1. The molecule has 0 atom stereocenters. The van der Waals surface area contributed by atoms with E-state index in [0.717, 1.165) is 35.8 Å². The number of methoxy groups -OCH3 is 1. The van der Waals surface area contributed by atoms with Crippen molar-refractivity contribution >= 4 is 64.6 Å². The molecule has 0 aliphatic carbocycles. The first kappa shape index (κ1) is 18.5. The number of aromatic nitrogens is 1. The fraction of sp³-hybridized carbons (Fsp3) is 0.312. The highest BCUT2D eigenvalue weighted by Crippen LogP contribution is 2.44. The molecule has 0 unspecified atom stereocenters. The van der Waals surface area contributed by atoms with Crippen LogP contribution in [0.3, 0.4) is 0 Å². The van der Waals surface area contributed by atoms with Crippen molar-refractivity contribution < 1.29 is 9.53 Å². The number of nitrogens with one attached hydrogen (secondary N) is 1. The van der Waals surface area contributed by atoms with Crippen molar-refractivity contribution in [3.63, 3.8) is 0 Å². The van der Waals surface area contributed by atoms with Crippen LogP contribution in [0, 0.1) is 0 Å². The van der Waals surface area contributed by atoms with Crippen LogP contribution < -0.4 is 10.1 Å². The summed E-state index contributed by atoms with van der Waals surface area (Å²) < 4.78 is 10.4. The van der Waals surface area contributed by atoms with Crippen molar-refractivity contribution in [1.82, 2.24) is 9.88 Å². The summed E-state index contributed by atoms with van der Waals surface area (Å²) in [5, 5.41) is 3.91. The summed E-state index contributed by atoms with van der Waals surface area (Å²) in [6.45, 7) is 6.61. The number of carbonyl (C=O) groups is 1. The molecule has 0 bridgehead atoms. The lowest BCUT2D eigenvalue weighted by Crippen LogP contribution is -2.22. The minimum absolute atomic E-state index is 0.0321. The minimum Gasteiger partial charge on any atom is -0.494 e.